The molecule has 0 spiro atoms. The number of nitrogens with zero attached hydrogens (tertiary/aromatic N) is 2. The Morgan fingerprint density at radius 1 is 1.04 bits per heavy atom. The zero-order valence-electron chi connectivity index (χ0n) is 14.9. The van der Waals surface area contributed by atoms with E-state index >= 15 is 0 Å². The van der Waals surface area contributed by atoms with Crippen molar-refractivity contribution in [3.63, 3.8) is 0 Å². The van der Waals surface area contributed by atoms with E-state index in [0.29, 0.717) is 23.4 Å². The largest absolute Gasteiger partial charge is 0.462 e. The first-order valence-corrected chi connectivity index (χ1v) is 8.97. The number of anilines is 2. The average molecular weight is 353 g/mol. The predicted octanol–water partition coefficient (Wildman–Crippen LogP) is 3.50. The predicted molar refractivity (Wildman–Crippen MR) is 101 cm³/mol. The normalized spacial score (nSPS) is 14.0. The summed E-state index contributed by atoms with van der Waals surface area (Å²) in [5, 5.41) is 2.81. The van der Waals surface area contributed by atoms with E-state index in [1.165, 1.54) is 19.3 Å². The van der Waals surface area contributed by atoms with Gasteiger partial charge in [-0.15, -0.1) is 0 Å². The minimum Gasteiger partial charge on any atom is -0.462 e. The molecule has 1 amide bonds. The van der Waals surface area contributed by atoms with Gasteiger partial charge in [0, 0.05) is 25.0 Å². The van der Waals surface area contributed by atoms with Crippen LogP contribution < -0.4 is 10.2 Å². The van der Waals surface area contributed by atoms with Crippen LogP contribution in [-0.4, -0.2) is 36.6 Å². The number of rotatable bonds is 5. The van der Waals surface area contributed by atoms with Crippen LogP contribution in [0.15, 0.2) is 42.6 Å². The van der Waals surface area contributed by atoms with Crippen LogP contribution in [0.1, 0.15) is 46.9 Å². The van der Waals surface area contributed by atoms with Gasteiger partial charge >= 0.3 is 5.97 Å². The van der Waals surface area contributed by atoms with E-state index in [1.54, 1.807) is 43.5 Å². The van der Waals surface area contributed by atoms with Gasteiger partial charge < -0.3 is 15.0 Å². The standard InChI is InChI=1S/C20H23N3O3/c1-2-26-20(25)15-6-9-17(10-7-15)22-19(24)16-8-11-18(21-14-16)23-12-4-3-5-13-23/h6-11,14H,2-5,12-13H2,1H3,(H,22,24). The molecule has 136 valence electrons. The van der Waals surface area contributed by atoms with E-state index in [0.717, 1.165) is 18.9 Å². The van der Waals surface area contributed by atoms with Gasteiger partial charge in [-0.05, 0) is 62.6 Å². The summed E-state index contributed by atoms with van der Waals surface area (Å²) in [7, 11) is 0. The Kier molecular flexibility index (Phi) is 5.84. The van der Waals surface area contributed by atoms with Crippen molar-refractivity contribution < 1.29 is 14.3 Å². The molecule has 0 unspecified atom stereocenters. The Balaban J connectivity index is 1.61. The van der Waals surface area contributed by atoms with Crippen molar-refractivity contribution in [3.8, 4) is 0 Å². The molecule has 2 heterocycles. The summed E-state index contributed by atoms with van der Waals surface area (Å²) >= 11 is 0. The van der Waals surface area contributed by atoms with Crippen molar-refractivity contribution in [3.05, 3.63) is 53.7 Å². The number of carbonyl (C=O) groups is 2. The summed E-state index contributed by atoms with van der Waals surface area (Å²) in [4.78, 5) is 30.7. The van der Waals surface area contributed by atoms with Crippen LogP contribution in [-0.2, 0) is 4.74 Å². The maximum Gasteiger partial charge on any atom is 0.338 e. The van der Waals surface area contributed by atoms with Gasteiger partial charge in [0.25, 0.3) is 5.91 Å². The van der Waals surface area contributed by atoms with Gasteiger partial charge in [0.15, 0.2) is 0 Å². The Morgan fingerprint density at radius 2 is 1.73 bits per heavy atom. The summed E-state index contributed by atoms with van der Waals surface area (Å²) in [6, 6.07) is 10.3. The van der Waals surface area contributed by atoms with E-state index in [9.17, 15) is 9.59 Å². The Hall–Kier alpha value is -2.89. The van der Waals surface area contributed by atoms with Crippen LogP contribution in [0.4, 0.5) is 11.5 Å². The molecule has 6 heteroatoms. The molecule has 26 heavy (non-hydrogen) atoms. The Labute approximate surface area is 153 Å². The molecule has 1 aliphatic rings. The second-order valence-corrected chi connectivity index (χ2v) is 6.20. The summed E-state index contributed by atoms with van der Waals surface area (Å²) in [6.07, 6.45) is 5.25. The molecular formula is C20H23N3O3. The molecule has 1 N–H and O–H groups in total. The second-order valence-electron chi connectivity index (χ2n) is 6.20. The van der Waals surface area contributed by atoms with E-state index in [1.807, 2.05) is 6.07 Å². The van der Waals surface area contributed by atoms with Gasteiger partial charge in [-0.2, -0.15) is 0 Å². The average Bonchev–Trinajstić information content (AvgIpc) is 2.69. The highest BCUT2D eigenvalue weighted by molar-refractivity contribution is 6.04. The topological polar surface area (TPSA) is 71.5 Å². The summed E-state index contributed by atoms with van der Waals surface area (Å²) in [5.41, 5.74) is 1.57. The zero-order valence-corrected chi connectivity index (χ0v) is 14.9. The number of aromatic nitrogens is 1. The monoisotopic (exact) mass is 353 g/mol. The molecule has 0 aliphatic carbocycles. The third kappa shape index (κ3) is 4.39. The molecule has 2 aromatic rings. The molecule has 3 rings (SSSR count). The van der Waals surface area contributed by atoms with Crippen LogP contribution >= 0.6 is 0 Å². The lowest BCUT2D eigenvalue weighted by Crippen LogP contribution is -2.30. The number of hydrogen-bond donors (Lipinski definition) is 1. The second kappa shape index (κ2) is 8.47. The summed E-state index contributed by atoms with van der Waals surface area (Å²) in [6.45, 7) is 4.13. The van der Waals surface area contributed by atoms with E-state index in [-0.39, 0.29) is 11.9 Å². The highest BCUT2D eigenvalue weighted by Crippen LogP contribution is 2.18. The molecule has 6 nitrogen and oxygen atoms in total. The van der Waals surface area contributed by atoms with Crippen LogP contribution in [0.2, 0.25) is 0 Å². The van der Waals surface area contributed by atoms with Crippen molar-refractivity contribution in [2.24, 2.45) is 0 Å². The molecule has 1 fully saturated rings. The lowest BCUT2D eigenvalue weighted by Gasteiger charge is -2.27. The van der Waals surface area contributed by atoms with Crippen molar-refractivity contribution in [1.29, 1.82) is 0 Å². The van der Waals surface area contributed by atoms with Gasteiger partial charge in [-0.25, -0.2) is 9.78 Å². The summed E-state index contributed by atoms with van der Waals surface area (Å²) in [5.74, 6) is 0.314. The third-order valence-corrected chi connectivity index (χ3v) is 4.34. The first-order chi connectivity index (χ1) is 12.7. The smallest absolute Gasteiger partial charge is 0.338 e. The lowest BCUT2D eigenvalue weighted by molar-refractivity contribution is 0.0526. The quantitative estimate of drug-likeness (QED) is 0.833. The van der Waals surface area contributed by atoms with E-state index in [4.69, 9.17) is 4.74 Å². The van der Waals surface area contributed by atoms with Crippen LogP contribution in [0, 0.1) is 0 Å². The van der Waals surface area contributed by atoms with Gasteiger partial charge in [-0.1, -0.05) is 0 Å². The van der Waals surface area contributed by atoms with Crippen molar-refractivity contribution in [1.82, 2.24) is 4.98 Å². The summed E-state index contributed by atoms with van der Waals surface area (Å²) < 4.78 is 4.94. The number of piperidine rings is 1. The first kappa shape index (κ1) is 17.9. The molecular weight excluding hydrogens is 330 g/mol. The maximum absolute atomic E-state index is 12.4. The van der Waals surface area contributed by atoms with E-state index < -0.39 is 0 Å². The molecule has 1 aromatic carbocycles. The first-order valence-electron chi connectivity index (χ1n) is 8.97. The van der Waals surface area contributed by atoms with E-state index in [2.05, 4.69) is 15.2 Å². The highest BCUT2D eigenvalue weighted by Gasteiger charge is 2.13. The number of amides is 1. The molecule has 0 bridgehead atoms. The number of carbonyl (C=O) groups excluding carboxylic acids is 2. The fourth-order valence-corrected chi connectivity index (χ4v) is 2.94. The van der Waals surface area contributed by atoms with Crippen LogP contribution in [0.3, 0.4) is 0 Å². The van der Waals surface area contributed by atoms with Crippen molar-refractivity contribution in [2.45, 2.75) is 26.2 Å². The van der Waals surface area contributed by atoms with Gasteiger partial charge in [0.05, 0.1) is 17.7 Å². The zero-order chi connectivity index (χ0) is 18.4. The third-order valence-electron chi connectivity index (χ3n) is 4.34. The molecule has 1 aromatic heterocycles. The van der Waals surface area contributed by atoms with Crippen molar-refractivity contribution >= 4 is 23.4 Å². The Morgan fingerprint density at radius 3 is 2.35 bits per heavy atom. The lowest BCUT2D eigenvalue weighted by atomic mass is 10.1. The Bertz CT molecular complexity index is 751. The fraction of sp³-hybridized carbons (Fsp3) is 0.350. The number of nitrogens with one attached hydrogen (secondary N) is 1. The van der Waals surface area contributed by atoms with Crippen LogP contribution in [0.25, 0.3) is 0 Å². The maximum atomic E-state index is 12.4. The number of esters is 1. The molecule has 1 saturated heterocycles. The number of benzene rings is 1. The molecule has 0 atom stereocenters. The van der Waals surface area contributed by atoms with Gasteiger partial charge in [0.1, 0.15) is 5.82 Å². The van der Waals surface area contributed by atoms with Gasteiger partial charge in [-0.3, -0.25) is 4.79 Å². The number of hydrogen-bond acceptors (Lipinski definition) is 5. The highest BCUT2D eigenvalue weighted by atomic mass is 16.5. The minimum absolute atomic E-state index is 0.230. The number of ether oxygens (including phenoxy) is 1. The molecule has 0 saturated carbocycles. The molecule has 0 radical (unpaired) electrons. The SMILES string of the molecule is CCOC(=O)c1ccc(NC(=O)c2ccc(N3CCCCC3)nc2)cc1. The number of pyridine rings is 1. The van der Waals surface area contributed by atoms with Crippen molar-refractivity contribution in [2.75, 3.05) is 29.9 Å². The molecule has 1 aliphatic heterocycles. The van der Waals surface area contributed by atoms with Crippen LogP contribution in [0.5, 0.6) is 0 Å². The van der Waals surface area contributed by atoms with Gasteiger partial charge in [0.2, 0.25) is 0 Å². The fourth-order valence-electron chi connectivity index (χ4n) is 2.94. The minimum atomic E-state index is -0.372.